The van der Waals surface area contributed by atoms with Crippen LogP contribution in [0.3, 0.4) is 0 Å². The highest BCUT2D eigenvalue weighted by molar-refractivity contribution is 5.76. The maximum Gasteiger partial charge on any atom is 0.492 e. The molecule has 10 nitrogen and oxygen atoms in total. The molecule has 34 heavy (non-hydrogen) atoms. The fourth-order valence-electron chi connectivity index (χ4n) is 4.14. The quantitative estimate of drug-likeness (QED) is 0.584. The molecule has 2 aromatic rings. The van der Waals surface area contributed by atoms with Gasteiger partial charge in [0.2, 0.25) is 5.95 Å². The van der Waals surface area contributed by atoms with Crippen LogP contribution in [-0.2, 0) is 29.8 Å². The molecule has 1 aliphatic heterocycles. The monoisotopic (exact) mass is 482 g/mol. The van der Waals surface area contributed by atoms with E-state index in [4.69, 9.17) is 0 Å². The number of fused-ring (bicyclic) bond motifs is 1. The van der Waals surface area contributed by atoms with Gasteiger partial charge in [-0.25, -0.2) is 9.59 Å². The fourth-order valence-corrected chi connectivity index (χ4v) is 4.14. The van der Waals surface area contributed by atoms with Gasteiger partial charge in [-0.1, -0.05) is 12.3 Å². The molecular formula is C21H25F3N6O4. The molecule has 1 saturated heterocycles. The van der Waals surface area contributed by atoms with E-state index in [1.807, 2.05) is 0 Å². The zero-order chi connectivity index (χ0) is 24.6. The molecule has 0 amide bonds. The number of rotatable bonds is 5. The van der Waals surface area contributed by atoms with Crippen LogP contribution in [0, 0.1) is 17.8 Å². The van der Waals surface area contributed by atoms with Gasteiger partial charge >= 0.3 is 17.8 Å². The van der Waals surface area contributed by atoms with E-state index in [9.17, 15) is 27.6 Å². The Bertz CT molecular complexity index is 1270. The minimum atomic E-state index is -5.08. The lowest BCUT2D eigenvalue weighted by atomic mass is 9.85. The fraction of sp³-hybridized carbons (Fsp3) is 0.619. The number of nitrogens with zero attached hydrogens (tertiary/aromatic N) is 6. The van der Waals surface area contributed by atoms with Crippen LogP contribution in [0.5, 0.6) is 0 Å². The summed E-state index contributed by atoms with van der Waals surface area (Å²) in [5.74, 6) is 4.18. The van der Waals surface area contributed by atoms with Gasteiger partial charge in [0, 0.05) is 26.7 Å². The molecule has 0 N–H and O–H groups in total. The minimum Gasteiger partial charge on any atom is -0.361 e. The van der Waals surface area contributed by atoms with E-state index >= 15 is 0 Å². The number of imidazole rings is 1. The molecule has 0 unspecified atom stereocenters. The van der Waals surface area contributed by atoms with Crippen LogP contribution in [0.1, 0.15) is 26.2 Å². The van der Waals surface area contributed by atoms with E-state index in [1.54, 1.807) is 16.4 Å². The lowest BCUT2D eigenvalue weighted by Gasteiger charge is -2.34. The van der Waals surface area contributed by atoms with Crippen LogP contribution in [0.4, 0.5) is 19.1 Å². The largest absolute Gasteiger partial charge is 0.492 e. The Kier molecular flexibility index (Phi) is 6.44. The van der Waals surface area contributed by atoms with Crippen molar-refractivity contribution in [2.75, 3.05) is 31.1 Å². The average Bonchev–Trinajstić information content (AvgIpc) is 3.14. The number of aromatic nitrogens is 4. The Morgan fingerprint density at radius 1 is 1.15 bits per heavy atom. The van der Waals surface area contributed by atoms with Gasteiger partial charge in [-0.15, -0.1) is 11.0 Å². The van der Waals surface area contributed by atoms with E-state index in [2.05, 4.69) is 21.7 Å². The standard InChI is InChI=1S/C21H25F3N6O4/c1-3-4-8-29-15-16(30(13-14-6-5-7-14)20(33)26(2)17(15)31)25-19(29)27-9-11-28(12-10-27)34-18(32)21(22,23)24/h14H,5-13H2,1-2H3. The van der Waals surface area contributed by atoms with Crippen LogP contribution in [0.2, 0.25) is 0 Å². The van der Waals surface area contributed by atoms with Crippen molar-refractivity contribution < 1.29 is 22.8 Å². The molecule has 0 radical (unpaired) electrons. The number of carbonyl (C=O) groups excluding carboxylic acids is 1. The molecule has 2 aromatic heterocycles. The van der Waals surface area contributed by atoms with E-state index in [1.165, 1.54) is 11.6 Å². The van der Waals surface area contributed by atoms with Crippen molar-refractivity contribution in [3.63, 3.8) is 0 Å². The number of hydrogen-bond donors (Lipinski definition) is 0. The summed E-state index contributed by atoms with van der Waals surface area (Å²) >= 11 is 0. The van der Waals surface area contributed by atoms with E-state index < -0.39 is 23.4 Å². The second kappa shape index (κ2) is 9.17. The Morgan fingerprint density at radius 3 is 2.38 bits per heavy atom. The molecule has 2 aliphatic rings. The van der Waals surface area contributed by atoms with Gasteiger partial charge in [-0.3, -0.25) is 18.5 Å². The van der Waals surface area contributed by atoms with Crippen LogP contribution >= 0.6 is 0 Å². The predicted molar refractivity (Wildman–Crippen MR) is 116 cm³/mol. The third kappa shape index (κ3) is 4.42. The Balaban J connectivity index is 1.70. The van der Waals surface area contributed by atoms with Crippen LogP contribution in [0.15, 0.2) is 9.59 Å². The molecule has 3 heterocycles. The Hall–Kier alpha value is -3.27. The molecule has 2 fully saturated rings. The van der Waals surface area contributed by atoms with Crippen molar-refractivity contribution in [2.24, 2.45) is 13.0 Å². The molecule has 1 saturated carbocycles. The van der Waals surface area contributed by atoms with Gasteiger partial charge in [-0.2, -0.15) is 18.2 Å². The first-order valence-electron chi connectivity index (χ1n) is 11.0. The number of hydrogen-bond acceptors (Lipinski definition) is 7. The predicted octanol–water partition coefficient (Wildman–Crippen LogP) is 0.863. The van der Waals surface area contributed by atoms with Crippen molar-refractivity contribution in [3.8, 4) is 11.8 Å². The highest BCUT2D eigenvalue weighted by atomic mass is 19.4. The summed E-state index contributed by atoms with van der Waals surface area (Å²) in [7, 11) is 1.43. The maximum absolute atomic E-state index is 13.1. The molecule has 4 rings (SSSR count). The summed E-state index contributed by atoms with van der Waals surface area (Å²) in [6, 6.07) is 0. The summed E-state index contributed by atoms with van der Waals surface area (Å²) in [5, 5.41) is 0.955. The van der Waals surface area contributed by atoms with Crippen molar-refractivity contribution in [3.05, 3.63) is 20.8 Å². The van der Waals surface area contributed by atoms with E-state index in [0.29, 0.717) is 18.4 Å². The van der Waals surface area contributed by atoms with Gasteiger partial charge in [0.1, 0.15) is 0 Å². The smallest absolute Gasteiger partial charge is 0.361 e. The number of halogens is 3. The van der Waals surface area contributed by atoms with Crippen LogP contribution in [0.25, 0.3) is 11.2 Å². The number of alkyl halides is 3. The SMILES string of the molecule is CC#CCn1c(N2CCN(OC(=O)C(F)(F)F)CC2)nc2c1c(=O)n(C)c(=O)n2CC1CCC1. The first-order valence-corrected chi connectivity index (χ1v) is 11.0. The van der Waals surface area contributed by atoms with Crippen molar-refractivity contribution >= 4 is 23.1 Å². The van der Waals surface area contributed by atoms with Gasteiger partial charge in [0.25, 0.3) is 5.56 Å². The van der Waals surface area contributed by atoms with Gasteiger partial charge < -0.3 is 9.74 Å². The summed E-state index contributed by atoms with van der Waals surface area (Å²) in [6.45, 7) is 2.69. The second-order valence-corrected chi connectivity index (χ2v) is 8.44. The number of hydroxylamine groups is 2. The van der Waals surface area contributed by atoms with E-state index in [-0.39, 0.29) is 43.9 Å². The molecule has 0 spiro atoms. The highest BCUT2D eigenvalue weighted by Gasteiger charge is 2.43. The van der Waals surface area contributed by atoms with Crippen molar-refractivity contribution in [1.29, 1.82) is 0 Å². The first kappa shape index (κ1) is 23.9. The van der Waals surface area contributed by atoms with E-state index in [0.717, 1.165) is 28.9 Å². The second-order valence-electron chi connectivity index (χ2n) is 8.44. The topological polar surface area (TPSA) is 94.6 Å². The van der Waals surface area contributed by atoms with Crippen molar-refractivity contribution in [1.82, 2.24) is 23.7 Å². The number of anilines is 1. The Morgan fingerprint density at radius 2 is 1.82 bits per heavy atom. The third-order valence-electron chi connectivity index (χ3n) is 6.25. The van der Waals surface area contributed by atoms with Gasteiger partial charge in [0.05, 0.1) is 19.6 Å². The number of carbonyl (C=O) groups is 1. The minimum absolute atomic E-state index is 0.0113. The lowest BCUT2D eigenvalue weighted by molar-refractivity contribution is -0.239. The highest BCUT2D eigenvalue weighted by Crippen LogP contribution is 2.29. The lowest BCUT2D eigenvalue weighted by Crippen LogP contribution is -2.49. The zero-order valence-electron chi connectivity index (χ0n) is 18.9. The van der Waals surface area contributed by atoms with Crippen LogP contribution < -0.4 is 16.1 Å². The summed E-state index contributed by atoms with van der Waals surface area (Å²) in [4.78, 5) is 48.0. The Labute approximate surface area is 192 Å². The summed E-state index contributed by atoms with van der Waals surface area (Å²) < 4.78 is 41.7. The van der Waals surface area contributed by atoms with Crippen molar-refractivity contribution in [2.45, 2.75) is 45.5 Å². The summed E-state index contributed by atoms with van der Waals surface area (Å²) in [6.07, 6.45) is -1.97. The zero-order valence-corrected chi connectivity index (χ0v) is 18.9. The van der Waals surface area contributed by atoms with Crippen LogP contribution in [-0.4, -0.2) is 62.1 Å². The average molecular weight is 482 g/mol. The molecule has 0 atom stereocenters. The third-order valence-corrected chi connectivity index (χ3v) is 6.25. The molecule has 184 valence electrons. The number of piperazine rings is 1. The molecule has 0 aromatic carbocycles. The molecule has 1 aliphatic carbocycles. The van der Waals surface area contributed by atoms with Gasteiger partial charge in [-0.05, 0) is 25.7 Å². The molecular weight excluding hydrogens is 457 g/mol. The molecule has 0 bridgehead atoms. The van der Waals surface area contributed by atoms with Gasteiger partial charge in [0.15, 0.2) is 11.2 Å². The molecule has 13 heteroatoms. The first-order chi connectivity index (χ1) is 16.1. The summed E-state index contributed by atoms with van der Waals surface area (Å²) in [5.41, 5.74) is -0.394. The maximum atomic E-state index is 13.1. The normalized spacial score (nSPS) is 17.4.